The number of aliphatic carboxylic acids is 1. The third-order valence-corrected chi connectivity index (χ3v) is 6.36. The van der Waals surface area contributed by atoms with E-state index in [4.69, 9.17) is 28.7 Å². The zero-order valence-corrected chi connectivity index (χ0v) is 23.6. The van der Waals surface area contributed by atoms with Gasteiger partial charge in [-0.25, -0.2) is 4.79 Å². The van der Waals surface area contributed by atoms with E-state index in [1.54, 1.807) is 24.3 Å². The smallest absolute Gasteiger partial charge is 0.326 e. The summed E-state index contributed by atoms with van der Waals surface area (Å²) in [4.78, 5) is 55.2. The number of carboxylic acid groups (broad SMARTS) is 1. The molecule has 230 valence electrons. The van der Waals surface area contributed by atoms with Crippen molar-refractivity contribution in [3.05, 3.63) is 35.9 Å². The summed E-state index contributed by atoms with van der Waals surface area (Å²) in [6, 6.07) is 4.83. The Morgan fingerprint density at radius 1 is 0.732 bits per heavy atom. The minimum atomic E-state index is -1.19. The van der Waals surface area contributed by atoms with Crippen LogP contribution in [0.2, 0.25) is 0 Å². The third-order valence-electron chi connectivity index (χ3n) is 6.36. The first kappa shape index (κ1) is 35.3. The van der Waals surface area contributed by atoms with Crippen molar-refractivity contribution in [2.24, 2.45) is 33.7 Å². The van der Waals surface area contributed by atoms with Gasteiger partial charge in [-0.1, -0.05) is 36.8 Å². The molecule has 1 rings (SSSR count). The summed E-state index contributed by atoms with van der Waals surface area (Å²) in [5.74, 6) is -3.08. The number of unbranched alkanes of at least 4 members (excludes halogenated alkanes) is 2. The molecule has 0 bridgehead atoms. The van der Waals surface area contributed by atoms with Crippen LogP contribution in [0.15, 0.2) is 35.3 Å². The maximum Gasteiger partial charge on any atom is 0.326 e. The Kier molecular flexibility index (Phi) is 17.4. The molecule has 4 atom stereocenters. The summed E-state index contributed by atoms with van der Waals surface area (Å²) < 4.78 is 0. The average molecular weight is 578 g/mol. The lowest BCUT2D eigenvalue weighted by Gasteiger charge is -2.25. The van der Waals surface area contributed by atoms with Gasteiger partial charge in [-0.2, -0.15) is 0 Å². The summed E-state index contributed by atoms with van der Waals surface area (Å²) in [6.07, 6.45) is 3.70. The number of guanidine groups is 1. The van der Waals surface area contributed by atoms with Gasteiger partial charge in [-0.3, -0.25) is 19.4 Å². The number of nitrogens with two attached hydrogens (primary N) is 5. The third kappa shape index (κ3) is 15.0. The number of amides is 3. The normalized spacial score (nSPS) is 13.7. The number of carboxylic acids is 1. The van der Waals surface area contributed by atoms with Crippen LogP contribution < -0.4 is 44.6 Å². The molecular formula is C27H47N9O5. The monoisotopic (exact) mass is 577 g/mol. The van der Waals surface area contributed by atoms with E-state index in [2.05, 4.69) is 20.9 Å². The lowest BCUT2D eigenvalue weighted by molar-refractivity contribution is -0.142. The van der Waals surface area contributed by atoms with E-state index >= 15 is 0 Å². The quantitative estimate of drug-likeness (QED) is 0.0459. The van der Waals surface area contributed by atoms with Gasteiger partial charge < -0.3 is 49.7 Å². The Labute approximate surface area is 241 Å². The highest BCUT2D eigenvalue weighted by Gasteiger charge is 2.30. The molecule has 3 amide bonds. The zero-order chi connectivity index (χ0) is 30.6. The van der Waals surface area contributed by atoms with Crippen LogP contribution >= 0.6 is 0 Å². The molecule has 0 aliphatic rings. The largest absolute Gasteiger partial charge is 0.480 e. The van der Waals surface area contributed by atoms with E-state index in [1.165, 1.54) is 0 Å². The van der Waals surface area contributed by atoms with E-state index in [1.807, 2.05) is 6.07 Å². The second kappa shape index (κ2) is 20.2. The predicted molar refractivity (Wildman–Crippen MR) is 157 cm³/mol. The molecule has 14 heteroatoms. The topological polar surface area (TPSA) is 267 Å². The summed E-state index contributed by atoms with van der Waals surface area (Å²) in [5, 5.41) is 17.5. The fourth-order valence-corrected chi connectivity index (χ4v) is 4.04. The maximum atomic E-state index is 13.4. The van der Waals surface area contributed by atoms with Crippen molar-refractivity contribution in [2.75, 3.05) is 19.6 Å². The molecule has 41 heavy (non-hydrogen) atoms. The molecule has 0 fully saturated rings. The summed E-state index contributed by atoms with van der Waals surface area (Å²) in [6.45, 7) is 1.10. The van der Waals surface area contributed by atoms with Crippen LogP contribution in [0.3, 0.4) is 0 Å². The molecule has 14 N–H and O–H groups in total. The Bertz CT molecular complexity index is 973. The summed E-state index contributed by atoms with van der Waals surface area (Å²) in [5.41, 5.74) is 28.5. The van der Waals surface area contributed by atoms with E-state index < -0.39 is 47.9 Å². The van der Waals surface area contributed by atoms with Crippen LogP contribution in [0.5, 0.6) is 0 Å². The van der Waals surface area contributed by atoms with Gasteiger partial charge in [-0.15, -0.1) is 0 Å². The molecule has 1 aromatic carbocycles. The van der Waals surface area contributed by atoms with Gasteiger partial charge in [0.1, 0.15) is 18.1 Å². The van der Waals surface area contributed by atoms with Crippen molar-refractivity contribution in [1.29, 1.82) is 0 Å². The molecule has 0 aliphatic carbocycles. The van der Waals surface area contributed by atoms with Crippen molar-refractivity contribution in [3.8, 4) is 0 Å². The first-order chi connectivity index (χ1) is 19.6. The lowest BCUT2D eigenvalue weighted by Crippen LogP contribution is -2.57. The van der Waals surface area contributed by atoms with E-state index in [0.29, 0.717) is 51.6 Å². The van der Waals surface area contributed by atoms with Gasteiger partial charge in [0, 0.05) is 13.0 Å². The van der Waals surface area contributed by atoms with Gasteiger partial charge in [-0.05, 0) is 63.6 Å². The predicted octanol–water partition coefficient (Wildman–Crippen LogP) is -1.59. The molecule has 1 aromatic rings. The second-order valence-corrected chi connectivity index (χ2v) is 9.84. The molecular weight excluding hydrogens is 530 g/mol. The van der Waals surface area contributed by atoms with E-state index in [0.717, 1.165) is 5.56 Å². The van der Waals surface area contributed by atoms with Crippen LogP contribution in [0.1, 0.15) is 56.9 Å². The minimum Gasteiger partial charge on any atom is -0.480 e. The molecule has 0 spiro atoms. The highest BCUT2D eigenvalue weighted by molar-refractivity contribution is 5.94. The molecule has 0 aliphatic heterocycles. The number of aliphatic imine (C=N–C) groups is 1. The molecule has 0 radical (unpaired) electrons. The number of hydrogen-bond donors (Lipinski definition) is 9. The van der Waals surface area contributed by atoms with E-state index in [-0.39, 0.29) is 31.8 Å². The Morgan fingerprint density at radius 3 is 1.85 bits per heavy atom. The fourth-order valence-electron chi connectivity index (χ4n) is 4.04. The van der Waals surface area contributed by atoms with Gasteiger partial charge in [0.2, 0.25) is 17.7 Å². The summed E-state index contributed by atoms with van der Waals surface area (Å²) >= 11 is 0. The van der Waals surface area contributed by atoms with Gasteiger partial charge >= 0.3 is 5.97 Å². The maximum absolute atomic E-state index is 13.4. The molecule has 0 saturated heterocycles. The van der Waals surface area contributed by atoms with E-state index in [9.17, 15) is 24.3 Å². The Hall–Kier alpha value is -3.75. The highest BCUT2D eigenvalue weighted by Crippen LogP contribution is 2.08. The van der Waals surface area contributed by atoms with Gasteiger partial charge in [0.05, 0.1) is 6.04 Å². The number of rotatable bonds is 21. The van der Waals surface area contributed by atoms with Crippen molar-refractivity contribution in [2.45, 2.75) is 82.0 Å². The van der Waals surface area contributed by atoms with Crippen LogP contribution in [0.4, 0.5) is 0 Å². The molecule has 0 heterocycles. The Balaban J connectivity index is 3.10. The molecule has 14 nitrogen and oxygen atoms in total. The van der Waals surface area contributed by atoms with Crippen LogP contribution in [-0.2, 0) is 25.6 Å². The van der Waals surface area contributed by atoms with Crippen LogP contribution in [0, 0.1) is 0 Å². The standard InChI is InChI=1S/C27H47N9O5/c28-14-6-4-11-19(30)23(37)34-20(13-8-16-33-27(31)32)24(38)36-22(17-18-9-2-1-3-10-18)25(39)35-21(26(40)41)12-5-7-15-29/h1-3,9-10,19-22H,4-8,11-17,28-30H2,(H,34,37)(H,35,39)(H,36,38)(H,40,41)(H4,31,32,33). The lowest BCUT2D eigenvalue weighted by atomic mass is 10.0. The number of carbonyl (C=O) groups is 4. The number of benzene rings is 1. The molecule has 0 aromatic heterocycles. The minimum absolute atomic E-state index is 0.0980. The van der Waals surface area contributed by atoms with Crippen LogP contribution in [-0.4, -0.2) is 78.6 Å². The van der Waals surface area contributed by atoms with Crippen molar-refractivity contribution in [3.63, 3.8) is 0 Å². The molecule has 4 unspecified atom stereocenters. The first-order valence-corrected chi connectivity index (χ1v) is 14.0. The van der Waals surface area contributed by atoms with Crippen molar-refractivity contribution >= 4 is 29.7 Å². The van der Waals surface area contributed by atoms with Crippen LogP contribution in [0.25, 0.3) is 0 Å². The SMILES string of the molecule is NCCCCC(N)C(=O)NC(CCCN=C(N)N)C(=O)NC(Cc1ccccc1)C(=O)NC(CCCCN)C(=O)O. The highest BCUT2D eigenvalue weighted by atomic mass is 16.4. The van der Waals surface area contributed by atoms with Crippen molar-refractivity contribution in [1.82, 2.24) is 16.0 Å². The number of nitrogens with zero attached hydrogens (tertiary/aromatic N) is 1. The number of nitrogens with one attached hydrogen (secondary N) is 3. The fraction of sp³-hybridized carbons (Fsp3) is 0.593. The molecule has 0 saturated carbocycles. The average Bonchev–Trinajstić information content (AvgIpc) is 2.93. The summed E-state index contributed by atoms with van der Waals surface area (Å²) in [7, 11) is 0. The van der Waals surface area contributed by atoms with Crippen molar-refractivity contribution < 1.29 is 24.3 Å². The van der Waals surface area contributed by atoms with Gasteiger partial charge in [0.25, 0.3) is 0 Å². The van der Waals surface area contributed by atoms with Gasteiger partial charge in [0.15, 0.2) is 5.96 Å². The zero-order valence-electron chi connectivity index (χ0n) is 23.6. The number of carbonyl (C=O) groups excluding carboxylic acids is 3. The first-order valence-electron chi connectivity index (χ1n) is 14.0. The Morgan fingerprint density at radius 2 is 1.27 bits per heavy atom. The second-order valence-electron chi connectivity index (χ2n) is 9.84. The number of hydrogen-bond acceptors (Lipinski definition) is 8.